The average molecular weight is 208 g/mol. The lowest BCUT2D eigenvalue weighted by atomic mass is 10.2. The minimum atomic E-state index is -0.151. The van der Waals surface area contributed by atoms with E-state index < -0.39 is 0 Å². The summed E-state index contributed by atoms with van der Waals surface area (Å²) in [7, 11) is 1.56. The van der Waals surface area contributed by atoms with Crippen molar-refractivity contribution < 1.29 is 9.53 Å². The highest BCUT2D eigenvalue weighted by atomic mass is 16.5. The lowest BCUT2D eigenvalue weighted by molar-refractivity contribution is -0.119. The summed E-state index contributed by atoms with van der Waals surface area (Å²) >= 11 is 0. The third-order valence-electron chi connectivity index (χ3n) is 2.07. The fourth-order valence-corrected chi connectivity index (χ4v) is 1.23. The van der Waals surface area contributed by atoms with Gasteiger partial charge in [0.25, 0.3) is 0 Å². The van der Waals surface area contributed by atoms with Gasteiger partial charge in [-0.05, 0) is 24.6 Å². The van der Waals surface area contributed by atoms with Gasteiger partial charge in [-0.15, -0.1) is 0 Å². The first-order valence-corrected chi connectivity index (χ1v) is 4.78. The third kappa shape index (κ3) is 3.34. The van der Waals surface area contributed by atoms with Gasteiger partial charge in [-0.25, -0.2) is 10.9 Å². The molecule has 0 heterocycles. The highest BCUT2D eigenvalue weighted by Crippen LogP contribution is 2.13. The fraction of sp³-hybridized carbons (Fsp3) is 0.364. The van der Waals surface area contributed by atoms with Gasteiger partial charge in [-0.1, -0.05) is 12.1 Å². The van der Waals surface area contributed by atoms with E-state index in [-0.39, 0.29) is 5.91 Å². The number of benzene rings is 1. The molecule has 82 valence electrons. The van der Waals surface area contributed by atoms with Crippen molar-refractivity contribution in [3.8, 4) is 0 Å². The normalized spacial score (nSPS) is 10.1. The molecule has 0 bridgehead atoms. The fourth-order valence-electron chi connectivity index (χ4n) is 1.23. The van der Waals surface area contributed by atoms with Crippen molar-refractivity contribution >= 4 is 11.6 Å². The van der Waals surface area contributed by atoms with E-state index in [1.54, 1.807) is 13.2 Å². The number of hydrogen-bond acceptors (Lipinski definition) is 3. The van der Waals surface area contributed by atoms with Crippen LogP contribution in [-0.2, 0) is 9.53 Å². The summed E-state index contributed by atoms with van der Waals surface area (Å²) in [5.74, 6) is 5.53. The molecule has 1 rings (SSSR count). The Morgan fingerprint density at radius 1 is 1.53 bits per heavy atom. The number of hydrogen-bond donors (Lipinski definition) is 1. The Morgan fingerprint density at radius 2 is 2.27 bits per heavy atom. The molecule has 2 N–H and O–H groups in total. The Morgan fingerprint density at radius 3 is 2.87 bits per heavy atom. The second-order valence-electron chi connectivity index (χ2n) is 3.35. The highest BCUT2D eigenvalue weighted by molar-refractivity contribution is 5.92. The summed E-state index contributed by atoms with van der Waals surface area (Å²) in [6.45, 7) is 2.34. The van der Waals surface area contributed by atoms with Gasteiger partial charge in [0.05, 0.1) is 18.7 Å². The van der Waals surface area contributed by atoms with Gasteiger partial charge in [0.2, 0.25) is 5.91 Å². The first-order valence-electron chi connectivity index (χ1n) is 4.78. The van der Waals surface area contributed by atoms with E-state index in [4.69, 9.17) is 10.6 Å². The van der Waals surface area contributed by atoms with Crippen molar-refractivity contribution in [3.05, 3.63) is 29.8 Å². The minimum absolute atomic E-state index is 0.151. The molecule has 1 amide bonds. The molecular formula is C11H16N2O2. The van der Waals surface area contributed by atoms with Crippen LogP contribution < -0.4 is 10.9 Å². The number of methoxy groups -OCH3 is 1. The molecule has 0 aromatic heterocycles. The highest BCUT2D eigenvalue weighted by Gasteiger charge is 2.10. The van der Waals surface area contributed by atoms with Gasteiger partial charge >= 0.3 is 0 Å². The Balaban J connectivity index is 2.67. The summed E-state index contributed by atoms with van der Waals surface area (Å²) in [6, 6.07) is 7.49. The van der Waals surface area contributed by atoms with Crippen LogP contribution >= 0.6 is 0 Å². The number of carbonyl (C=O) groups excluding carboxylic acids is 1. The van der Waals surface area contributed by atoms with Crippen LogP contribution in [0.3, 0.4) is 0 Å². The first kappa shape index (κ1) is 11.7. The molecule has 0 aliphatic carbocycles. The lowest BCUT2D eigenvalue weighted by Gasteiger charge is -2.16. The molecule has 0 saturated carbocycles. The molecule has 0 aliphatic heterocycles. The van der Waals surface area contributed by atoms with Gasteiger partial charge in [-0.2, -0.15) is 0 Å². The zero-order valence-corrected chi connectivity index (χ0v) is 9.06. The van der Waals surface area contributed by atoms with Crippen LogP contribution in [0.2, 0.25) is 0 Å². The summed E-state index contributed by atoms with van der Waals surface area (Å²) in [6.07, 6.45) is 0.293. The van der Waals surface area contributed by atoms with E-state index in [0.29, 0.717) is 18.7 Å². The Bertz CT molecular complexity index is 339. The van der Waals surface area contributed by atoms with Gasteiger partial charge < -0.3 is 4.74 Å². The summed E-state index contributed by atoms with van der Waals surface area (Å²) < 4.78 is 4.82. The van der Waals surface area contributed by atoms with Crippen LogP contribution in [-0.4, -0.2) is 19.6 Å². The van der Waals surface area contributed by atoms with Crippen molar-refractivity contribution in [2.24, 2.45) is 5.84 Å². The molecule has 1 aromatic carbocycles. The number of anilines is 1. The van der Waals surface area contributed by atoms with Gasteiger partial charge in [0.1, 0.15) is 0 Å². The summed E-state index contributed by atoms with van der Waals surface area (Å²) in [5.41, 5.74) is 1.78. The largest absolute Gasteiger partial charge is 0.384 e. The van der Waals surface area contributed by atoms with E-state index in [1.165, 1.54) is 0 Å². The van der Waals surface area contributed by atoms with Crippen LogP contribution in [0, 0.1) is 6.92 Å². The van der Waals surface area contributed by atoms with Gasteiger partial charge in [0.15, 0.2) is 0 Å². The van der Waals surface area contributed by atoms with Crippen LogP contribution in [0.5, 0.6) is 0 Å². The molecular weight excluding hydrogens is 192 g/mol. The number of nitrogens with two attached hydrogens (primary N) is 1. The zero-order valence-electron chi connectivity index (χ0n) is 9.06. The van der Waals surface area contributed by atoms with E-state index >= 15 is 0 Å². The monoisotopic (exact) mass is 208 g/mol. The maximum Gasteiger partial charge on any atom is 0.243 e. The van der Waals surface area contributed by atoms with E-state index in [1.807, 2.05) is 25.1 Å². The van der Waals surface area contributed by atoms with Crippen molar-refractivity contribution in [1.29, 1.82) is 0 Å². The molecule has 0 fully saturated rings. The Hall–Kier alpha value is -1.39. The molecule has 0 spiro atoms. The molecule has 0 radical (unpaired) electrons. The zero-order chi connectivity index (χ0) is 11.3. The second-order valence-corrected chi connectivity index (χ2v) is 3.35. The van der Waals surface area contributed by atoms with E-state index in [2.05, 4.69) is 0 Å². The number of aryl methyl sites for hydroxylation is 1. The standard InChI is InChI=1S/C11H16N2O2/c1-9-4-3-5-10(8-9)13(12)11(14)6-7-15-2/h3-5,8H,6-7,12H2,1-2H3. The number of rotatable bonds is 4. The van der Waals surface area contributed by atoms with Crippen molar-refractivity contribution in [1.82, 2.24) is 0 Å². The van der Waals surface area contributed by atoms with Gasteiger partial charge in [0, 0.05) is 7.11 Å². The smallest absolute Gasteiger partial charge is 0.243 e. The van der Waals surface area contributed by atoms with Crippen molar-refractivity contribution in [2.45, 2.75) is 13.3 Å². The van der Waals surface area contributed by atoms with E-state index in [0.717, 1.165) is 10.6 Å². The Kier molecular flexibility index (Phi) is 4.27. The van der Waals surface area contributed by atoms with Crippen molar-refractivity contribution in [2.75, 3.05) is 18.7 Å². The second kappa shape index (κ2) is 5.48. The predicted molar refractivity (Wildman–Crippen MR) is 59.3 cm³/mol. The molecule has 0 saturated heterocycles. The molecule has 4 nitrogen and oxygen atoms in total. The quantitative estimate of drug-likeness (QED) is 0.460. The van der Waals surface area contributed by atoms with Crippen LogP contribution in [0.15, 0.2) is 24.3 Å². The average Bonchev–Trinajstić information content (AvgIpc) is 2.24. The number of amides is 1. The number of ether oxygens (including phenoxy) is 1. The third-order valence-corrected chi connectivity index (χ3v) is 2.07. The number of carbonyl (C=O) groups is 1. The first-order chi connectivity index (χ1) is 7.15. The van der Waals surface area contributed by atoms with Crippen LogP contribution in [0.1, 0.15) is 12.0 Å². The van der Waals surface area contributed by atoms with Crippen LogP contribution in [0.25, 0.3) is 0 Å². The van der Waals surface area contributed by atoms with Crippen LogP contribution in [0.4, 0.5) is 5.69 Å². The maximum absolute atomic E-state index is 11.5. The molecule has 4 heteroatoms. The molecule has 15 heavy (non-hydrogen) atoms. The predicted octanol–water partition coefficient (Wildman–Crippen LogP) is 1.24. The maximum atomic E-state index is 11.5. The molecule has 1 aromatic rings. The molecule has 0 atom stereocenters. The molecule has 0 unspecified atom stereocenters. The topological polar surface area (TPSA) is 55.6 Å². The SMILES string of the molecule is COCCC(=O)N(N)c1cccc(C)c1. The summed E-state index contributed by atoms with van der Waals surface area (Å²) in [5, 5.41) is 1.16. The summed E-state index contributed by atoms with van der Waals surface area (Å²) in [4.78, 5) is 11.5. The molecule has 0 aliphatic rings. The number of nitrogens with zero attached hydrogens (tertiary/aromatic N) is 1. The van der Waals surface area contributed by atoms with E-state index in [9.17, 15) is 4.79 Å². The minimum Gasteiger partial charge on any atom is -0.384 e. The lowest BCUT2D eigenvalue weighted by Crippen LogP contribution is -2.37. The Labute approximate surface area is 89.6 Å². The van der Waals surface area contributed by atoms with Crippen molar-refractivity contribution in [3.63, 3.8) is 0 Å². The van der Waals surface area contributed by atoms with Gasteiger partial charge in [-0.3, -0.25) is 4.79 Å². The number of hydrazine groups is 1.